The standard InChI is InChI=1S/C26H20O/c27-15-13-22-16-7-1-3-9-18(16)24-20-11-5-6-12-21(20)25-19-10-4-2-8-17(19)23(14-15)26(22,24)25/h1-12,22-25H,13-14H2/t22-,23+,24-,25-,26?/m0/s1. The molecule has 3 aromatic carbocycles. The van der Waals surface area contributed by atoms with Gasteiger partial charge < -0.3 is 0 Å². The van der Waals surface area contributed by atoms with Crippen LogP contribution in [0, 0.1) is 5.41 Å². The van der Waals surface area contributed by atoms with E-state index in [9.17, 15) is 4.79 Å². The van der Waals surface area contributed by atoms with Crippen molar-refractivity contribution in [1.29, 1.82) is 0 Å². The van der Waals surface area contributed by atoms with E-state index in [-0.39, 0.29) is 5.41 Å². The van der Waals surface area contributed by atoms with Crippen LogP contribution in [0.4, 0.5) is 0 Å². The molecule has 0 amide bonds. The highest BCUT2D eigenvalue weighted by molar-refractivity contribution is 5.85. The monoisotopic (exact) mass is 348 g/mol. The summed E-state index contributed by atoms with van der Waals surface area (Å²) in [4.78, 5) is 12.9. The van der Waals surface area contributed by atoms with Gasteiger partial charge in [0.05, 0.1) is 0 Å². The van der Waals surface area contributed by atoms with Crippen molar-refractivity contribution in [2.75, 3.05) is 0 Å². The zero-order valence-electron chi connectivity index (χ0n) is 15.1. The van der Waals surface area contributed by atoms with E-state index in [0.717, 1.165) is 0 Å². The van der Waals surface area contributed by atoms with Gasteiger partial charge in [-0.3, -0.25) is 4.79 Å². The third-order valence-corrected chi connectivity index (χ3v) is 8.05. The zero-order valence-corrected chi connectivity index (χ0v) is 15.1. The Morgan fingerprint density at radius 2 is 0.889 bits per heavy atom. The van der Waals surface area contributed by atoms with E-state index in [0.29, 0.717) is 42.3 Å². The molecule has 0 bridgehead atoms. The summed E-state index contributed by atoms with van der Waals surface area (Å²) in [5, 5.41) is 0. The maximum atomic E-state index is 12.9. The third kappa shape index (κ3) is 1.42. The molecule has 3 aromatic rings. The number of ketones is 1. The fraction of sp³-hybridized carbons (Fsp3) is 0.269. The Hall–Kier alpha value is -2.67. The van der Waals surface area contributed by atoms with E-state index in [1.54, 1.807) is 0 Å². The Balaban J connectivity index is 1.64. The molecule has 7 rings (SSSR count). The quantitative estimate of drug-likeness (QED) is 0.524. The van der Waals surface area contributed by atoms with Gasteiger partial charge in [-0.15, -0.1) is 0 Å². The molecule has 1 heteroatoms. The van der Waals surface area contributed by atoms with E-state index < -0.39 is 0 Å². The Morgan fingerprint density at radius 1 is 0.556 bits per heavy atom. The third-order valence-electron chi connectivity index (χ3n) is 8.05. The van der Waals surface area contributed by atoms with Crippen molar-refractivity contribution >= 4 is 5.78 Å². The molecule has 1 saturated carbocycles. The van der Waals surface area contributed by atoms with E-state index >= 15 is 0 Å². The maximum absolute atomic E-state index is 12.9. The van der Waals surface area contributed by atoms with Gasteiger partial charge in [0, 0.05) is 30.1 Å². The van der Waals surface area contributed by atoms with E-state index in [1.807, 2.05) is 0 Å². The van der Waals surface area contributed by atoms with Gasteiger partial charge in [-0.2, -0.15) is 0 Å². The summed E-state index contributed by atoms with van der Waals surface area (Å²) in [5.74, 6) is 1.97. The first-order chi connectivity index (χ1) is 13.3. The lowest BCUT2D eigenvalue weighted by atomic mass is 9.56. The van der Waals surface area contributed by atoms with Gasteiger partial charge in [-0.1, -0.05) is 72.8 Å². The SMILES string of the molecule is O=C1C[C@@H]2c3ccccc3[C@H]3c4ccccc4[C@@H]4c5ccccc5[C@H](C1)C342. The largest absolute Gasteiger partial charge is 0.300 e. The van der Waals surface area contributed by atoms with Crippen molar-refractivity contribution in [1.82, 2.24) is 0 Å². The van der Waals surface area contributed by atoms with Gasteiger partial charge in [-0.05, 0) is 45.2 Å². The molecule has 130 valence electrons. The van der Waals surface area contributed by atoms with Gasteiger partial charge >= 0.3 is 0 Å². The molecule has 4 aliphatic carbocycles. The highest BCUT2D eigenvalue weighted by Crippen LogP contribution is 2.80. The number of rotatable bonds is 0. The molecule has 1 spiro atoms. The van der Waals surface area contributed by atoms with Crippen molar-refractivity contribution in [2.45, 2.75) is 36.5 Å². The van der Waals surface area contributed by atoms with Crippen LogP contribution in [0.2, 0.25) is 0 Å². The van der Waals surface area contributed by atoms with Crippen molar-refractivity contribution in [3.63, 3.8) is 0 Å². The second-order valence-corrected chi connectivity index (χ2v) is 8.80. The molecule has 0 aromatic heterocycles. The fourth-order valence-corrected chi connectivity index (χ4v) is 7.50. The summed E-state index contributed by atoms with van der Waals surface area (Å²) in [6, 6.07) is 27.0. The first-order valence-electron chi connectivity index (χ1n) is 10.1. The molecule has 27 heavy (non-hydrogen) atoms. The second kappa shape index (κ2) is 4.59. The van der Waals surface area contributed by atoms with Crippen molar-refractivity contribution in [3.8, 4) is 0 Å². The molecule has 0 saturated heterocycles. The highest BCUT2D eigenvalue weighted by Gasteiger charge is 2.70. The number of hydrogen-bond donors (Lipinski definition) is 0. The molecule has 5 atom stereocenters. The minimum atomic E-state index is 0.116. The normalized spacial score (nSPS) is 33.9. The summed E-state index contributed by atoms with van der Waals surface area (Å²) in [6.45, 7) is 0. The number of hydrogen-bond acceptors (Lipinski definition) is 1. The van der Waals surface area contributed by atoms with Gasteiger partial charge in [-0.25, -0.2) is 0 Å². The number of Topliss-reactive ketones (excluding diaryl/α,β-unsaturated/α-hetero) is 1. The molecule has 0 aliphatic heterocycles. The zero-order chi connectivity index (χ0) is 17.8. The first kappa shape index (κ1) is 14.4. The van der Waals surface area contributed by atoms with Crippen molar-refractivity contribution in [2.24, 2.45) is 5.41 Å². The molecule has 0 heterocycles. The van der Waals surface area contributed by atoms with E-state index in [2.05, 4.69) is 72.8 Å². The second-order valence-electron chi connectivity index (χ2n) is 8.80. The van der Waals surface area contributed by atoms with Gasteiger partial charge in [0.25, 0.3) is 0 Å². The minimum Gasteiger partial charge on any atom is -0.300 e. The molecule has 1 fully saturated rings. The Labute approximate surface area is 159 Å². The Morgan fingerprint density at radius 3 is 1.30 bits per heavy atom. The summed E-state index contributed by atoms with van der Waals surface area (Å²) in [5.41, 5.74) is 8.96. The molecular weight excluding hydrogens is 328 g/mol. The molecule has 4 aliphatic rings. The average molecular weight is 348 g/mol. The molecular formula is C26H20O. The summed E-state index contributed by atoms with van der Waals surface area (Å²) in [7, 11) is 0. The smallest absolute Gasteiger partial charge is 0.134 e. The Bertz CT molecular complexity index is 1050. The van der Waals surface area contributed by atoms with Gasteiger partial charge in [0.15, 0.2) is 0 Å². The Kier molecular flexibility index (Phi) is 2.45. The number of carbonyl (C=O) groups is 1. The van der Waals surface area contributed by atoms with Crippen LogP contribution in [0.3, 0.4) is 0 Å². The highest BCUT2D eigenvalue weighted by atomic mass is 16.1. The lowest BCUT2D eigenvalue weighted by Crippen LogP contribution is -2.40. The molecule has 1 nitrogen and oxygen atoms in total. The molecule has 0 N–H and O–H groups in total. The van der Waals surface area contributed by atoms with Crippen LogP contribution >= 0.6 is 0 Å². The van der Waals surface area contributed by atoms with Crippen LogP contribution in [0.1, 0.15) is 69.9 Å². The number of carbonyl (C=O) groups excluding carboxylic acids is 1. The lowest BCUT2D eigenvalue weighted by molar-refractivity contribution is -0.124. The van der Waals surface area contributed by atoms with Crippen LogP contribution in [0.25, 0.3) is 0 Å². The molecule has 0 radical (unpaired) electrons. The van der Waals surface area contributed by atoms with Crippen LogP contribution in [-0.4, -0.2) is 5.78 Å². The molecule has 1 unspecified atom stereocenters. The van der Waals surface area contributed by atoms with Crippen LogP contribution < -0.4 is 0 Å². The van der Waals surface area contributed by atoms with Crippen LogP contribution in [0.5, 0.6) is 0 Å². The van der Waals surface area contributed by atoms with E-state index in [4.69, 9.17) is 0 Å². The van der Waals surface area contributed by atoms with Gasteiger partial charge in [0.1, 0.15) is 5.78 Å². The predicted molar refractivity (Wildman–Crippen MR) is 105 cm³/mol. The number of benzene rings is 3. The minimum absolute atomic E-state index is 0.116. The van der Waals surface area contributed by atoms with E-state index in [1.165, 1.54) is 33.4 Å². The van der Waals surface area contributed by atoms with Crippen LogP contribution in [-0.2, 0) is 4.79 Å². The first-order valence-corrected chi connectivity index (χ1v) is 10.1. The summed E-state index contributed by atoms with van der Waals surface area (Å²) < 4.78 is 0. The van der Waals surface area contributed by atoms with Crippen molar-refractivity contribution < 1.29 is 4.79 Å². The van der Waals surface area contributed by atoms with Crippen molar-refractivity contribution in [3.05, 3.63) is 106 Å². The predicted octanol–water partition coefficient (Wildman–Crippen LogP) is 5.51. The number of fused-ring (bicyclic) bond motifs is 9. The topological polar surface area (TPSA) is 17.1 Å². The van der Waals surface area contributed by atoms with Crippen LogP contribution in [0.15, 0.2) is 72.8 Å². The fourth-order valence-electron chi connectivity index (χ4n) is 7.50. The maximum Gasteiger partial charge on any atom is 0.134 e. The lowest BCUT2D eigenvalue weighted by Gasteiger charge is -2.45. The summed E-state index contributed by atoms with van der Waals surface area (Å²) >= 11 is 0. The summed E-state index contributed by atoms with van der Waals surface area (Å²) in [6.07, 6.45) is 1.42. The van der Waals surface area contributed by atoms with Gasteiger partial charge in [0.2, 0.25) is 0 Å². The average Bonchev–Trinajstić information content (AvgIpc) is 3.26.